The average molecular weight is 563 g/mol. The summed E-state index contributed by atoms with van der Waals surface area (Å²) in [6.07, 6.45) is 12.6. The minimum atomic E-state index is -0.743. The van der Waals surface area contributed by atoms with Crippen molar-refractivity contribution in [1.82, 2.24) is 0 Å². The Bertz CT molecular complexity index is 1240. The number of hydrogen-bond acceptors (Lipinski definition) is 5. The summed E-state index contributed by atoms with van der Waals surface area (Å²) < 4.78 is 17.6. The number of benzene rings is 2. The minimum absolute atomic E-state index is 0.0814. The molecular formula is C34H42O5S. The standard InChI is InChI=1S/C34H42O5S/c1-23-10-5-6-11-27(39-28-14-15-31-26(20-33(35)36)22-40-32(31)21-28)12-7-8-13-30(23)34-24(2)18-29(19-25(34)3)38-17-9-16-37-4/h7-8,13-15,18-19,21,26-27H,1,5-6,9-12,16-17,20,22H2,2-4H3,(H,35,36)/b8-7-,30-13?/t26-,27+/m1/s1. The first-order valence-corrected chi connectivity index (χ1v) is 15.3. The topological polar surface area (TPSA) is 65.0 Å². The maximum absolute atomic E-state index is 11.2. The van der Waals surface area contributed by atoms with Crippen LogP contribution >= 0.6 is 11.8 Å². The zero-order valence-corrected chi connectivity index (χ0v) is 24.9. The minimum Gasteiger partial charge on any atom is -0.493 e. The molecule has 1 N–H and O–H groups in total. The Morgan fingerprint density at radius 2 is 1.90 bits per heavy atom. The van der Waals surface area contributed by atoms with Gasteiger partial charge in [0.15, 0.2) is 0 Å². The van der Waals surface area contributed by atoms with Crippen molar-refractivity contribution in [1.29, 1.82) is 0 Å². The molecule has 1 heterocycles. The normalized spacial score (nSPS) is 20.3. The highest BCUT2D eigenvalue weighted by molar-refractivity contribution is 7.99. The van der Waals surface area contributed by atoms with Gasteiger partial charge in [-0.05, 0) is 97.2 Å². The third-order valence-corrected chi connectivity index (χ3v) is 8.79. The van der Waals surface area contributed by atoms with E-state index in [-0.39, 0.29) is 18.4 Å². The number of aryl methyl sites for hydroxylation is 2. The van der Waals surface area contributed by atoms with E-state index in [0.717, 1.165) is 71.8 Å². The Morgan fingerprint density at radius 1 is 1.10 bits per heavy atom. The summed E-state index contributed by atoms with van der Waals surface area (Å²) in [6, 6.07) is 10.4. The third-order valence-electron chi connectivity index (χ3n) is 7.56. The van der Waals surface area contributed by atoms with Crippen molar-refractivity contribution in [3.8, 4) is 11.5 Å². The van der Waals surface area contributed by atoms with Crippen molar-refractivity contribution in [3.63, 3.8) is 0 Å². The Labute approximate surface area is 243 Å². The van der Waals surface area contributed by atoms with Crippen LogP contribution in [0, 0.1) is 13.8 Å². The zero-order chi connectivity index (χ0) is 28.5. The molecule has 0 fully saturated rings. The van der Waals surface area contributed by atoms with Crippen LogP contribution in [0.3, 0.4) is 0 Å². The number of thioether (sulfide) groups is 1. The number of hydrogen-bond donors (Lipinski definition) is 1. The lowest BCUT2D eigenvalue weighted by molar-refractivity contribution is -0.137. The van der Waals surface area contributed by atoms with Gasteiger partial charge in [-0.1, -0.05) is 30.9 Å². The molecule has 214 valence electrons. The van der Waals surface area contributed by atoms with Crippen molar-refractivity contribution < 1.29 is 24.1 Å². The predicted molar refractivity (Wildman–Crippen MR) is 164 cm³/mol. The number of carboxylic acids is 1. The molecule has 1 aliphatic carbocycles. The van der Waals surface area contributed by atoms with Crippen LogP contribution in [0.4, 0.5) is 0 Å². The van der Waals surface area contributed by atoms with Gasteiger partial charge in [0.2, 0.25) is 0 Å². The first kappa shape index (κ1) is 30.0. The number of carbonyl (C=O) groups is 1. The van der Waals surface area contributed by atoms with Crippen LogP contribution in [0.5, 0.6) is 11.5 Å². The van der Waals surface area contributed by atoms with Crippen LogP contribution in [0.2, 0.25) is 0 Å². The van der Waals surface area contributed by atoms with E-state index in [2.05, 4.69) is 62.9 Å². The highest BCUT2D eigenvalue weighted by atomic mass is 32.2. The summed E-state index contributed by atoms with van der Waals surface area (Å²) in [5.41, 5.74) is 7.12. The Hall–Kier alpha value is -2.96. The first-order chi connectivity index (χ1) is 19.4. The average Bonchev–Trinajstić information content (AvgIpc) is 3.29. The Kier molecular flexibility index (Phi) is 11.0. The molecule has 0 spiro atoms. The number of fused-ring (bicyclic) bond motifs is 1. The molecule has 2 aliphatic rings. The van der Waals surface area contributed by atoms with E-state index >= 15 is 0 Å². The maximum Gasteiger partial charge on any atom is 0.303 e. The number of aliphatic carboxylic acids is 1. The molecule has 2 aromatic carbocycles. The highest BCUT2D eigenvalue weighted by Crippen LogP contribution is 2.43. The first-order valence-electron chi connectivity index (χ1n) is 14.3. The molecule has 5 nitrogen and oxygen atoms in total. The van der Waals surface area contributed by atoms with Gasteiger partial charge in [-0.15, -0.1) is 11.8 Å². The lowest BCUT2D eigenvalue weighted by Gasteiger charge is -2.19. The van der Waals surface area contributed by atoms with E-state index in [0.29, 0.717) is 13.2 Å². The van der Waals surface area contributed by atoms with Gasteiger partial charge in [-0.2, -0.15) is 0 Å². The molecule has 0 radical (unpaired) electrons. The second-order valence-electron chi connectivity index (χ2n) is 10.8. The fourth-order valence-electron chi connectivity index (χ4n) is 5.57. The third kappa shape index (κ3) is 8.05. The van der Waals surface area contributed by atoms with E-state index in [1.807, 2.05) is 6.07 Å². The van der Waals surface area contributed by atoms with Crippen molar-refractivity contribution >= 4 is 23.3 Å². The van der Waals surface area contributed by atoms with E-state index in [9.17, 15) is 9.90 Å². The quantitative estimate of drug-likeness (QED) is 0.294. The number of rotatable bonds is 10. The van der Waals surface area contributed by atoms with E-state index in [4.69, 9.17) is 14.2 Å². The molecule has 2 aromatic rings. The van der Waals surface area contributed by atoms with Crippen LogP contribution in [0.1, 0.15) is 73.1 Å². The maximum atomic E-state index is 11.2. The molecule has 4 rings (SSSR count). The van der Waals surface area contributed by atoms with Gasteiger partial charge in [0.1, 0.15) is 17.6 Å². The number of methoxy groups -OCH3 is 1. The lowest BCUT2D eigenvalue weighted by atomic mass is 9.88. The summed E-state index contributed by atoms with van der Waals surface area (Å²) in [5, 5.41) is 9.20. The van der Waals surface area contributed by atoms with E-state index < -0.39 is 5.97 Å². The van der Waals surface area contributed by atoms with Crippen LogP contribution in [0.25, 0.3) is 5.57 Å². The Balaban J connectivity index is 1.45. The lowest BCUT2D eigenvalue weighted by Crippen LogP contribution is -2.15. The van der Waals surface area contributed by atoms with Crippen molar-refractivity contribution in [2.45, 2.75) is 75.7 Å². The van der Waals surface area contributed by atoms with Gasteiger partial charge in [-0.25, -0.2) is 0 Å². The second-order valence-corrected chi connectivity index (χ2v) is 11.8. The highest BCUT2D eigenvalue weighted by Gasteiger charge is 2.26. The SMILES string of the molecule is C=C1CCCC[C@H](Oc2ccc3c(c2)SC[C@H]3CC(=O)O)C/C=C\C=C1c1c(C)cc(OCCCOC)cc1C. The molecule has 0 saturated carbocycles. The number of allylic oxidation sites excluding steroid dienone is 4. The predicted octanol–water partition coefficient (Wildman–Crippen LogP) is 8.29. The molecule has 0 saturated heterocycles. The van der Waals surface area contributed by atoms with Gasteiger partial charge in [-0.3, -0.25) is 4.79 Å². The monoisotopic (exact) mass is 562 g/mol. The molecule has 0 bridgehead atoms. The van der Waals surface area contributed by atoms with Gasteiger partial charge in [0.25, 0.3) is 0 Å². The molecule has 2 atom stereocenters. The van der Waals surface area contributed by atoms with Gasteiger partial charge >= 0.3 is 5.97 Å². The fraction of sp³-hybridized carbons (Fsp3) is 0.441. The summed E-state index contributed by atoms with van der Waals surface area (Å²) in [7, 11) is 1.71. The van der Waals surface area contributed by atoms with Crippen molar-refractivity contribution in [3.05, 3.63) is 83.0 Å². The number of ether oxygens (including phenoxy) is 3. The van der Waals surface area contributed by atoms with Gasteiger partial charge < -0.3 is 19.3 Å². The summed E-state index contributed by atoms with van der Waals surface area (Å²) in [6.45, 7) is 10.1. The second kappa shape index (κ2) is 14.6. The molecule has 0 unspecified atom stereocenters. The van der Waals surface area contributed by atoms with Crippen molar-refractivity contribution in [2.75, 3.05) is 26.1 Å². The van der Waals surface area contributed by atoms with Gasteiger partial charge in [0.05, 0.1) is 13.0 Å². The molecule has 6 heteroatoms. The molecule has 1 aliphatic heterocycles. The summed E-state index contributed by atoms with van der Waals surface area (Å²) in [5.74, 6) is 1.92. The zero-order valence-electron chi connectivity index (χ0n) is 24.0. The summed E-state index contributed by atoms with van der Waals surface area (Å²) in [4.78, 5) is 12.3. The smallest absolute Gasteiger partial charge is 0.303 e. The van der Waals surface area contributed by atoms with Crippen LogP contribution in [-0.2, 0) is 9.53 Å². The number of carboxylic acid groups (broad SMARTS) is 1. The molecular weight excluding hydrogens is 520 g/mol. The molecule has 0 amide bonds. The largest absolute Gasteiger partial charge is 0.493 e. The van der Waals surface area contributed by atoms with E-state index in [1.165, 1.54) is 22.3 Å². The summed E-state index contributed by atoms with van der Waals surface area (Å²) >= 11 is 1.73. The Morgan fingerprint density at radius 3 is 2.65 bits per heavy atom. The fourth-order valence-corrected chi connectivity index (χ4v) is 6.85. The van der Waals surface area contributed by atoms with E-state index in [1.54, 1.807) is 18.9 Å². The van der Waals surface area contributed by atoms with Crippen LogP contribution in [-0.4, -0.2) is 43.3 Å². The van der Waals surface area contributed by atoms with Gasteiger partial charge in [0, 0.05) is 43.1 Å². The van der Waals surface area contributed by atoms with Crippen LogP contribution in [0.15, 0.2) is 65.6 Å². The molecule has 0 aromatic heterocycles. The molecule has 40 heavy (non-hydrogen) atoms. The van der Waals surface area contributed by atoms with Crippen LogP contribution < -0.4 is 9.47 Å². The van der Waals surface area contributed by atoms with Crippen molar-refractivity contribution in [2.24, 2.45) is 0 Å².